The molecule has 0 spiro atoms. The third-order valence-electron chi connectivity index (χ3n) is 6.41. The number of nitrogens with zero attached hydrogens (tertiary/aromatic N) is 3. The third kappa shape index (κ3) is 10.1. The minimum atomic E-state index is -0.0918. The monoisotopic (exact) mass is 565 g/mol. The largest absolute Gasteiger partial charge is 0.495 e. The number of hydrogen-bond acceptors (Lipinski definition) is 9. The average molecular weight is 566 g/mol. The SMILES string of the molecule is CC.CNSC.COc1ccc(C(=O)NC2CCN(C)CC2)cc1Nc1ncc(Cl)c(NC2CCCC2)n1. The van der Waals surface area contributed by atoms with Gasteiger partial charge in [0.25, 0.3) is 5.91 Å². The van der Waals surface area contributed by atoms with E-state index in [1.165, 1.54) is 12.8 Å². The van der Waals surface area contributed by atoms with E-state index in [4.69, 9.17) is 16.3 Å². The summed E-state index contributed by atoms with van der Waals surface area (Å²) in [5, 5.41) is 10.2. The standard InChI is InChI=1S/C23H31ClN6O2.C2H7NS.C2H6/c1-30-11-9-17(10-12-30)27-22(31)15-7-8-20(32-2)19(13-15)28-23-25-14-18(24)21(29-23)26-16-5-3-4-6-16;1-3-4-2;1-2/h7-8,13-14,16-17H,3-6,9-12H2,1-2H3,(H,27,31)(H2,25,26,28,29);3H,1-2H3;1-2H3. The second kappa shape index (κ2) is 17.3. The Kier molecular flexibility index (Phi) is 14.6. The van der Waals surface area contributed by atoms with Crippen LogP contribution in [0.4, 0.5) is 17.5 Å². The number of rotatable bonds is 8. The second-order valence-electron chi connectivity index (χ2n) is 9.02. The zero-order valence-electron chi connectivity index (χ0n) is 23.6. The van der Waals surface area contributed by atoms with Gasteiger partial charge >= 0.3 is 0 Å². The quantitative estimate of drug-likeness (QED) is 0.306. The van der Waals surface area contributed by atoms with Crippen LogP contribution in [0.25, 0.3) is 0 Å². The van der Waals surface area contributed by atoms with E-state index >= 15 is 0 Å². The van der Waals surface area contributed by atoms with Gasteiger partial charge in [0.1, 0.15) is 10.8 Å². The summed E-state index contributed by atoms with van der Waals surface area (Å²) < 4.78 is 8.33. The fraction of sp³-hybridized carbons (Fsp3) is 0.593. The molecular weight excluding hydrogens is 522 g/mol. The number of hydrogen-bond donors (Lipinski definition) is 4. The van der Waals surface area contributed by atoms with Crippen molar-refractivity contribution in [1.29, 1.82) is 0 Å². The Morgan fingerprint density at radius 3 is 2.39 bits per heavy atom. The van der Waals surface area contributed by atoms with Crippen LogP contribution in [0.2, 0.25) is 5.02 Å². The van der Waals surface area contributed by atoms with Gasteiger partial charge in [-0.3, -0.25) is 9.52 Å². The van der Waals surface area contributed by atoms with Crippen molar-refractivity contribution in [2.45, 2.75) is 64.5 Å². The predicted octanol–water partition coefficient (Wildman–Crippen LogP) is 5.57. The van der Waals surface area contributed by atoms with Crippen LogP contribution >= 0.6 is 23.5 Å². The number of piperidine rings is 1. The van der Waals surface area contributed by atoms with Crippen molar-refractivity contribution in [2.24, 2.45) is 0 Å². The molecule has 9 nitrogen and oxygen atoms in total. The maximum atomic E-state index is 12.8. The molecule has 2 heterocycles. The molecule has 1 aliphatic heterocycles. The van der Waals surface area contributed by atoms with Gasteiger partial charge in [0.05, 0.1) is 19.0 Å². The van der Waals surface area contributed by atoms with Gasteiger partial charge in [0.15, 0.2) is 5.82 Å². The Balaban J connectivity index is 0.000000773. The van der Waals surface area contributed by atoms with E-state index in [2.05, 4.69) is 42.6 Å². The van der Waals surface area contributed by atoms with E-state index in [0.717, 1.165) is 38.8 Å². The van der Waals surface area contributed by atoms with Crippen molar-refractivity contribution in [2.75, 3.05) is 51.2 Å². The van der Waals surface area contributed by atoms with Gasteiger partial charge in [-0.25, -0.2) is 4.98 Å². The van der Waals surface area contributed by atoms with E-state index in [0.29, 0.717) is 39.8 Å². The van der Waals surface area contributed by atoms with Gasteiger partial charge in [0, 0.05) is 17.6 Å². The summed E-state index contributed by atoms with van der Waals surface area (Å²) >= 11 is 7.92. The summed E-state index contributed by atoms with van der Waals surface area (Å²) in [5.74, 6) is 1.52. The number of carbonyl (C=O) groups excluding carboxylic acids is 1. The van der Waals surface area contributed by atoms with E-state index in [9.17, 15) is 4.79 Å². The van der Waals surface area contributed by atoms with E-state index in [1.807, 2.05) is 27.2 Å². The summed E-state index contributed by atoms with van der Waals surface area (Å²) in [5.41, 5.74) is 1.18. The number of methoxy groups -OCH3 is 1. The molecule has 212 valence electrons. The molecule has 0 unspecified atom stereocenters. The lowest BCUT2D eigenvalue weighted by Gasteiger charge is -2.29. The predicted molar refractivity (Wildman–Crippen MR) is 161 cm³/mol. The van der Waals surface area contributed by atoms with Crippen LogP contribution < -0.4 is 25.4 Å². The first-order chi connectivity index (χ1) is 18.4. The zero-order chi connectivity index (χ0) is 27.9. The van der Waals surface area contributed by atoms with Crippen LogP contribution in [0.3, 0.4) is 0 Å². The molecule has 0 bridgehead atoms. The van der Waals surface area contributed by atoms with Crippen LogP contribution in [0, 0.1) is 0 Å². The van der Waals surface area contributed by atoms with Crippen molar-refractivity contribution < 1.29 is 9.53 Å². The molecule has 38 heavy (non-hydrogen) atoms. The maximum absolute atomic E-state index is 12.8. The molecule has 2 fully saturated rings. The van der Waals surface area contributed by atoms with Gasteiger partial charge in [-0.15, -0.1) is 0 Å². The fourth-order valence-electron chi connectivity index (χ4n) is 4.28. The number of benzene rings is 1. The molecule has 1 aromatic carbocycles. The molecule has 2 aliphatic rings. The highest BCUT2D eigenvalue weighted by Crippen LogP contribution is 2.30. The number of nitrogens with one attached hydrogen (secondary N) is 4. The highest BCUT2D eigenvalue weighted by molar-refractivity contribution is 7.96. The second-order valence-corrected chi connectivity index (χ2v) is 10.2. The fourth-order valence-corrected chi connectivity index (χ4v) is 4.43. The Hall–Kier alpha value is -2.27. The highest BCUT2D eigenvalue weighted by Gasteiger charge is 2.21. The first-order valence-corrected chi connectivity index (χ1v) is 15.0. The molecule has 0 atom stereocenters. The van der Waals surface area contributed by atoms with E-state index in [-0.39, 0.29) is 11.9 Å². The van der Waals surface area contributed by atoms with Crippen molar-refractivity contribution in [3.8, 4) is 5.75 Å². The lowest BCUT2D eigenvalue weighted by Crippen LogP contribution is -2.43. The minimum absolute atomic E-state index is 0.0918. The Morgan fingerprint density at radius 1 is 1.13 bits per heavy atom. The maximum Gasteiger partial charge on any atom is 0.251 e. The number of aromatic nitrogens is 2. The molecule has 1 saturated carbocycles. The Bertz CT molecular complexity index is 982. The molecule has 1 aromatic heterocycles. The first kappa shape index (κ1) is 31.9. The Morgan fingerprint density at radius 2 is 1.79 bits per heavy atom. The minimum Gasteiger partial charge on any atom is -0.495 e. The summed E-state index contributed by atoms with van der Waals surface area (Å²) in [4.78, 5) is 24.0. The van der Waals surface area contributed by atoms with Crippen LogP contribution in [0.15, 0.2) is 24.4 Å². The van der Waals surface area contributed by atoms with E-state index < -0.39 is 0 Å². The molecular formula is C27H44ClN7O2S. The van der Waals surface area contributed by atoms with Gasteiger partial charge in [-0.2, -0.15) is 4.98 Å². The van der Waals surface area contributed by atoms with Gasteiger partial charge in [-0.05, 0) is 77.3 Å². The molecule has 4 N–H and O–H groups in total. The molecule has 11 heteroatoms. The number of amides is 1. The van der Waals surface area contributed by atoms with Gasteiger partial charge < -0.3 is 25.6 Å². The average Bonchev–Trinajstić information content (AvgIpc) is 3.46. The molecule has 4 rings (SSSR count). The normalized spacial score (nSPS) is 16.0. The van der Waals surface area contributed by atoms with Crippen LogP contribution in [0.5, 0.6) is 5.75 Å². The summed E-state index contributed by atoms with van der Waals surface area (Å²) in [6, 6.07) is 5.90. The summed E-state index contributed by atoms with van der Waals surface area (Å²) in [6.45, 7) is 5.98. The molecule has 1 amide bonds. The van der Waals surface area contributed by atoms with Crippen molar-refractivity contribution in [1.82, 2.24) is 24.9 Å². The van der Waals surface area contributed by atoms with Crippen LogP contribution in [-0.2, 0) is 0 Å². The third-order valence-corrected chi connectivity index (χ3v) is 7.09. The summed E-state index contributed by atoms with van der Waals surface area (Å²) in [6.07, 6.45) is 10.1. The van der Waals surface area contributed by atoms with Crippen LogP contribution in [-0.4, -0.2) is 73.4 Å². The van der Waals surface area contributed by atoms with Gasteiger partial charge in [0.2, 0.25) is 5.95 Å². The number of ether oxygens (including phenoxy) is 1. The lowest BCUT2D eigenvalue weighted by atomic mass is 10.0. The van der Waals surface area contributed by atoms with E-state index in [1.54, 1.807) is 43.5 Å². The van der Waals surface area contributed by atoms with Crippen molar-refractivity contribution >= 4 is 46.9 Å². The van der Waals surface area contributed by atoms with Crippen LogP contribution in [0.1, 0.15) is 62.7 Å². The van der Waals surface area contributed by atoms with Crippen molar-refractivity contribution in [3.63, 3.8) is 0 Å². The first-order valence-electron chi connectivity index (χ1n) is 13.4. The number of likely N-dealkylation sites (tertiary alicyclic amines) is 1. The number of halogens is 1. The number of anilines is 3. The van der Waals surface area contributed by atoms with Crippen molar-refractivity contribution in [3.05, 3.63) is 35.0 Å². The zero-order valence-corrected chi connectivity index (χ0v) is 25.1. The topological polar surface area (TPSA) is 103 Å². The molecule has 1 saturated heterocycles. The Labute approximate surface area is 237 Å². The smallest absolute Gasteiger partial charge is 0.251 e. The lowest BCUT2D eigenvalue weighted by molar-refractivity contribution is 0.0917. The number of carbonyl (C=O) groups is 1. The summed E-state index contributed by atoms with van der Waals surface area (Å²) in [7, 11) is 5.59. The molecule has 0 radical (unpaired) electrons. The van der Waals surface area contributed by atoms with Gasteiger partial charge in [-0.1, -0.05) is 50.2 Å². The highest BCUT2D eigenvalue weighted by atomic mass is 35.5. The molecule has 1 aliphatic carbocycles. The molecule has 2 aromatic rings.